The SMILES string of the molecule is CC1=CN(CCC(=O)NCc2cccs2)N(O)c2nn(-c3ccccc3)c(C)c21. The van der Waals surface area contributed by atoms with Gasteiger partial charge in [-0.15, -0.1) is 21.6 Å². The fraction of sp³-hybridized carbons (Fsp3) is 0.238. The average molecular weight is 410 g/mol. The number of anilines is 1. The highest BCUT2D eigenvalue weighted by Crippen LogP contribution is 2.35. The maximum absolute atomic E-state index is 12.2. The number of rotatable bonds is 6. The highest BCUT2D eigenvalue weighted by atomic mass is 32.1. The molecular formula is C21H23N5O2S. The quantitative estimate of drug-likeness (QED) is 0.649. The molecule has 0 fully saturated rings. The molecule has 0 atom stereocenters. The first-order valence-corrected chi connectivity index (χ1v) is 10.3. The number of hydrazine groups is 1. The Balaban J connectivity index is 1.46. The fourth-order valence-electron chi connectivity index (χ4n) is 3.44. The average Bonchev–Trinajstić information content (AvgIpc) is 3.37. The van der Waals surface area contributed by atoms with Gasteiger partial charge in [-0.25, -0.2) is 4.68 Å². The van der Waals surface area contributed by atoms with Crippen LogP contribution in [0.2, 0.25) is 0 Å². The normalized spacial score (nSPS) is 13.3. The second kappa shape index (κ2) is 8.10. The Morgan fingerprint density at radius 1 is 1.17 bits per heavy atom. The number of nitrogens with one attached hydrogen (secondary N) is 1. The van der Waals surface area contributed by atoms with E-state index >= 15 is 0 Å². The third-order valence-electron chi connectivity index (χ3n) is 4.88. The van der Waals surface area contributed by atoms with Crippen molar-refractivity contribution in [1.82, 2.24) is 20.1 Å². The summed E-state index contributed by atoms with van der Waals surface area (Å²) >= 11 is 1.61. The Kier molecular flexibility index (Phi) is 5.37. The summed E-state index contributed by atoms with van der Waals surface area (Å²) in [6.45, 7) is 4.84. The molecule has 0 saturated carbocycles. The van der Waals surface area contributed by atoms with E-state index in [0.717, 1.165) is 32.6 Å². The van der Waals surface area contributed by atoms with E-state index in [1.54, 1.807) is 16.3 Å². The van der Waals surface area contributed by atoms with Gasteiger partial charge < -0.3 is 5.32 Å². The number of benzene rings is 1. The van der Waals surface area contributed by atoms with Gasteiger partial charge in [0.25, 0.3) is 0 Å². The summed E-state index contributed by atoms with van der Waals surface area (Å²) in [6, 6.07) is 13.8. The lowest BCUT2D eigenvalue weighted by Gasteiger charge is -2.32. The summed E-state index contributed by atoms with van der Waals surface area (Å²) in [5.74, 6) is 0.403. The first kappa shape index (κ1) is 19.2. The van der Waals surface area contributed by atoms with Crippen LogP contribution in [0.4, 0.5) is 5.82 Å². The van der Waals surface area contributed by atoms with Crippen LogP contribution in [0.1, 0.15) is 29.5 Å². The lowest BCUT2D eigenvalue weighted by Crippen LogP contribution is -2.41. The summed E-state index contributed by atoms with van der Waals surface area (Å²) in [4.78, 5) is 13.3. The number of nitrogens with zero attached hydrogens (tertiary/aromatic N) is 4. The third kappa shape index (κ3) is 3.90. The van der Waals surface area contributed by atoms with Crippen LogP contribution in [0.15, 0.2) is 54.0 Å². The molecule has 4 rings (SSSR count). The predicted octanol–water partition coefficient (Wildman–Crippen LogP) is 3.74. The van der Waals surface area contributed by atoms with Gasteiger partial charge in [0.2, 0.25) is 11.7 Å². The van der Waals surface area contributed by atoms with Crippen molar-refractivity contribution in [1.29, 1.82) is 0 Å². The number of carbonyl (C=O) groups is 1. The van der Waals surface area contributed by atoms with Crippen molar-refractivity contribution in [2.45, 2.75) is 26.8 Å². The molecule has 0 aliphatic carbocycles. The third-order valence-corrected chi connectivity index (χ3v) is 5.75. The summed E-state index contributed by atoms with van der Waals surface area (Å²) in [5, 5.41) is 22.9. The molecule has 2 aromatic heterocycles. The van der Waals surface area contributed by atoms with Gasteiger partial charge in [0.15, 0.2) is 0 Å². The zero-order valence-electron chi connectivity index (χ0n) is 16.4. The molecule has 2 N–H and O–H groups in total. The molecule has 0 spiro atoms. The summed E-state index contributed by atoms with van der Waals surface area (Å²) in [5.41, 5.74) is 3.77. The molecule has 0 unspecified atom stereocenters. The summed E-state index contributed by atoms with van der Waals surface area (Å²) in [6.07, 6.45) is 2.11. The van der Waals surface area contributed by atoms with Crippen LogP contribution in [-0.2, 0) is 11.3 Å². The van der Waals surface area contributed by atoms with Crippen molar-refractivity contribution in [3.8, 4) is 5.69 Å². The smallest absolute Gasteiger partial charge is 0.222 e. The van der Waals surface area contributed by atoms with Crippen LogP contribution in [0.5, 0.6) is 0 Å². The van der Waals surface area contributed by atoms with Crippen LogP contribution in [0.25, 0.3) is 11.3 Å². The number of allylic oxidation sites excluding steroid dienone is 1. The molecule has 150 valence electrons. The molecular weight excluding hydrogens is 386 g/mol. The van der Waals surface area contributed by atoms with Gasteiger partial charge >= 0.3 is 0 Å². The lowest BCUT2D eigenvalue weighted by molar-refractivity contribution is -0.121. The van der Waals surface area contributed by atoms with E-state index in [-0.39, 0.29) is 12.3 Å². The minimum absolute atomic E-state index is 0.0605. The zero-order chi connectivity index (χ0) is 20.4. The fourth-order valence-corrected chi connectivity index (χ4v) is 4.08. The van der Waals surface area contributed by atoms with Gasteiger partial charge in [-0.05, 0) is 43.0 Å². The highest BCUT2D eigenvalue weighted by Gasteiger charge is 2.28. The Bertz CT molecular complexity index is 1030. The standard InChI is InChI=1S/C21H23N5O2S/c1-15-14-24(11-10-19(27)22-13-18-9-6-12-29-18)26(28)21-20(15)16(2)25(23-21)17-7-4-3-5-8-17/h3-9,12,14,28H,10-11,13H2,1-2H3,(H,22,27). The number of hydrogen-bond acceptors (Lipinski definition) is 6. The zero-order valence-corrected chi connectivity index (χ0v) is 17.2. The van der Waals surface area contributed by atoms with Crippen LogP contribution in [-0.4, -0.2) is 32.4 Å². The maximum atomic E-state index is 12.2. The van der Waals surface area contributed by atoms with Crippen LogP contribution in [0.3, 0.4) is 0 Å². The van der Waals surface area contributed by atoms with E-state index in [0.29, 0.717) is 18.9 Å². The number of thiophene rings is 1. The first-order valence-electron chi connectivity index (χ1n) is 9.43. The predicted molar refractivity (Wildman–Crippen MR) is 114 cm³/mol. The Morgan fingerprint density at radius 3 is 2.69 bits per heavy atom. The molecule has 29 heavy (non-hydrogen) atoms. The van der Waals surface area contributed by atoms with Crippen LogP contribution >= 0.6 is 11.3 Å². The van der Waals surface area contributed by atoms with Crippen molar-refractivity contribution >= 4 is 28.6 Å². The molecule has 3 heterocycles. The van der Waals surface area contributed by atoms with Crippen LogP contribution < -0.4 is 10.5 Å². The van der Waals surface area contributed by atoms with E-state index in [1.165, 1.54) is 0 Å². The van der Waals surface area contributed by atoms with Gasteiger partial charge in [-0.3, -0.25) is 15.0 Å². The molecule has 1 amide bonds. The van der Waals surface area contributed by atoms with E-state index in [2.05, 4.69) is 10.4 Å². The molecule has 1 aliphatic heterocycles. The van der Waals surface area contributed by atoms with Gasteiger partial charge in [0, 0.05) is 23.1 Å². The van der Waals surface area contributed by atoms with Crippen molar-refractivity contribution in [2.75, 3.05) is 11.7 Å². The molecule has 0 radical (unpaired) electrons. The summed E-state index contributed by atoms with van der Waals surface area (Å²) < 4.78 is 1.82. The van der Waals surface area contributed by atoms with Gasteiger partial charge in [0.05, 0.1) is 24.5 Å². The molecule has 1 aliphatic rings. The topological polar surface area (TPSA) is 73.6 Å². The second-order valence-corrected chi connectivity index (χ2v) is 7.93. The van der Waals surface area contributed by atoms with Crippen molar-refractivity contribution in [3.63, 3.8) is 0 Å². The van der Waals surface area contributed by atoms with Gasteiger partial charge in [0.1, 0.15) is 0 Å². The molecule has 0 bridgehead atoms. The Labute approximate surface area is 173 Å². The van der Waals surface area contributed by atoms with Crippen molar-refractivity contribution in [3.05, 3.63) is 70.2 Å². The number of carbonyl (C=O) groups excluding carboxylic acids is 1. The molecule has 8 heteroatoms. The lowest BCUT2D eigenvalue weighted by atomic mass is 10.1. The maximum Gasteiger partial charge on any atom is 0.222 e. The Hall–Kier alpha value is -3.10. The monoisotopic (exact) mass is 409 g/mol. The van der Waals surface area contributed by atoms with E-state index in [4.69, 9.17) is 0 Å². The molecule has 3 aromatic rings. The van der Waals surface area contributed by atoms with Crippen LogP contribution in [0, 0.1) is 6.92 Å². The van der Waals surface area contributed by atoms with E-state index in [9.17, 15) is 10.0 Å². The number of amides is 1. The number of aromatic nitrogens is 2. The number of para-hydroxylation sites is 1. The van der Waals surface area contributed by atoms with E-state index < -0.39 is 0 Å². The molecule has 7 nitrogen and oxygen atoms in total. The highest BCUT2D eigenvalue weighted by molar-refractivity contribution is 7.09. The minimum Gasteiger partial charge on any atom is -0.351 e. The summed E-state index contributed by atoms with van der Waals surface area (Å²) in [7, 11) is 0. The largest absolute Gasteiger partial charge is 0.351 e. The number of fused-ring (bicyclic) bond motifs is 1. The Morgan fingerprint density at radius 2 is 1.97 bits per heavy atom. The van der Waals surface area contributed by atoms with Crippen molar-refractivity contribution < 1.29 is 10.0 Å². The van der Waals surface area contributed by atoms with E-state index in [1.807, 2.05) is 72.6 Å². The number of hydrogen-bond donors (Lipinski definition) is 2. The second-order valence-electron chi connectivity index (χ2n) is 6.90. The van der Waals surface area contributed by atoms with Gasteiger partial charge in [-0.2, -0.15) is 0 Å². The molecule has 1 aromatic carbocycles. The van der Waals surface area contributed by atoms with Gasteiger partial charge in [-0.1, -0.05) is 24.3 Å². The molecule has 0 saturated heterocycles. The first-order chi connectivity index (χ1) is 14.0. The minimum atomic E-state index is -0.0605. The van der Waals surface area contributed by atoms with Crippen molar-refractivity contribution in [2.24, 2.45) is 0 Å².